The lowest BCUT2D eigenvalue weighted by Crippen LogP contribution is -2.44. The van der Waals surface area contributed by atoms with Gasteiger partial charge in [-0.05, 0) is 31.0 Å². The molecule has 4 nitrogen and oxygen atoms in total. The maximum absolute atomic E-state index is 12.8. The molecule has 0 aromatic heterocycles. The fourth-order valence-corrected chi connectivity index (χ4v) is 3.55. The molecular formula is C15H16ClF3N2O2S. The van der Waals surface area contributed by atoms with Gasteiger partial charge in [-0.3, -0.25) is 9.59 Å². The molecule has 24 heavy (non-hydrogen) atoms. The minimum atomic E-state index is -4.54. The van der Waals surface area contributed by atoms with Crippen LogP contribution in [-0.4, -0.2) is 35.6 Å². The van der Waals surface area contributed by atoms with Crippen LogP contribution in [-0.2, 0) is 15.8 Å². The van der Waals surface area contributed by atoms with Crippen molar-refractivity contribution in [2.24, 2.45) is 11.7 Å². The van der Waals surface area contributed by atoms with E-state index in [4.69, 9.17) is 17.3 Å². The number of carbonyl (C=O) groups is 2. The van der Waals surface area contributed by atoms with Crippen molar-refractivity contribution in [3.05, 3.63) is 28.8 Å². The molecule has 1 aliphatic heterocycles. The Balaban J connectivity index is 1.98. The summed E-state index contributed by atoms with van der Waals surface area (Å²) < 4.78 is 38.5. The van der Waals surface area contributed by atoms with Gasteiger partial charge in [0, 0.05) is 18.0 Å². The first-order valence-electron chi connectivity index (χ1n) is 7.25. The van der Waals surface area contributed by atoms with Crippen molar-refractivity contribution >= 4 is 35.2 Å². The number of primary amides is 1. The molecule has 0 spiro atoms. The van der Waals surface area contributed by atoms with E-state index in [9.17, 15) is 22.8 Å². The van der Waals surface area contributed by atoms with E-state index < -0.39 is 17.6 Å². The van der Waals surface area contributed by atoms with Crippen LogP contribution in [0.3, 0.4) is 0 Å². The number of likely N-dealkylation sites (tertiary alicyclic amines) is 1. The molecule has 2 amide bonds. The summed E-state index contributed by atoms with van der Waals surface area (Å²) in [4.78, 5) is 25.3. The number of carbonyl (C=O) groups excluding carboxylic acids is 2. The van der Waals surface area contributed by atoms with E-state index in [0.29, 0.717) is 24.3 Å². The van der Waals surface area contributed by atoms with Gasteiger partial charge in [0.05, 0.1) is 22.3 Å². The van der Waals surface area contributed by atoms with Crippen molar-refractivity contribution in [3.63, 3.8) is 0 Å². The van der Waals surface area contributed by atoms with E-state index in [0.717, 1.165) is 17.8 Å². The quantitative estimate of drug-likeness (QED) is 0.816. The van der Waals surface area contributed by atoms with Crippen molar-refractivity contribution in [1.82, 2.24) is 4.90 Å². The Bertz CT molecular complexity index is 640. The summed E-state index contributed by atoms with van der Waals surface area (Å²) in [7, 11) is 0. The molecule has 2 N–H and O–H groups in total. The second kappa shape index (κ2) is 7.65. The normalized spacial score (nSPS) is 18.5. The molecule has 0 unspecified atom stereocenters. The first-order valence-corrected chi connectivity index (χ1v) is 8.61. The number of benzene rings is 1. The third-order valence-electron chi connectivity index (χ3n) is 3.78. The van der Waals surface area contributed by atoms with Crippen molar-refractivity contribution in [1.29, 1.82) is 0 Å². The smallest absolute Gasteiger partial charge is 0.369 e. The highest BCUT2D eigenvalue weighted by Gasteiger charge is 2.33. The molecule has 1 saturated heterocycles. The van der Waals surface area contributed by atoms with Crippen LogP contribution in [0.2, 0.25) is 5.02 Å². The fraction of sp³-hybridized carbons (Fsp3) is 0.467. The zero-order valence-corrected chi connectivity index (χ0v) is 14.2. The predicted octanol–water partition coefficient (Wildman–Crippen LogP) is 3.17. The highest BCUT2D eigenvalue weighted by Crippen LogP contribution is 2.37. The third-order valence-corrected chi connectivity index (χ3v) is 5.09. The fourth-order valence-electron chi connectivity index (χ4n) is 2.48. The summed E-state index contributed by atoms with van der Waals surface area (Å²) in [5.41, 5.74) is 4.34. The molecule has 9 heteroatoms. The first-order chi connectivity index (χ1) is 11.2. The van der Waals surface area contributed by atoms with Crippen LogP contribution in [0, 0.1) is 5.92 Å². The zero-order chi connectivity index (χ0) is 17.9. The average Bonchev–Trinajstić information content (AvgIpc) is 2.52. The molecule has 0 radical (unpaired) electrons. The molecular weight excluding hydrogens is 365 g/mol. The molecule has 0 aliphatic carbocycles. The van der Waals surface area contributed by atoms with Gasteiger partial charge in [0.2, 0.25) is 11.8 Å². The molecule has 1 aromatic rings. The number of hydrogen-bond acceptors (Lipinski definition) is 3. The largest absolute Gasteiger partial charge is 0.417 e. The van der Waals surface area contributed by atoms with Crippen LogP contribution in [0.4, 0.5) is 13.2 Å². The Morgan fingerprint density at radius 2 is 2.08 bits per heavy atom. The molecule has 1 atom stereocenters. The number of rotatable bonds is 4. The minimum absolute atomic E-state index is 0.00951. The zero-order valence-electron chi connectivity index (χ0n) is 12.6. The molecule has 1 aliphatic rings. The Morgan fingerprint density at radius 3 is 2.71 bits per heavy atom. The lowest BCUT2D eigenvalue weighted by Gasteiger charge is -2.31. The van der Waals surface area contributed by atoms with Crippen LogP contribution in [0.25, 0.3) is 0 Å². The van der Waals surface area contributed by atoms with Gasteiger partial charge in [-0.2, -0.15) is 13.2 Å². The highest BCUT2D eigenvalue weighted by molar-refractivity contribution is 8.00. The molecule has 1 fully saturated rings. The van der Waals surface area contributed by atoms with Gasteiger partial charge in [0.1, 0.15) is 0 Å². The van der Waals surface area contributed by atoms with Crippen LogP contribution < -0.4 is 5.73 Å². The lowest BCUT2D eigenvalue weighted by atomic mass is 9.97. The Labute approximate surface area is 146 Å². The first kappa shape index (κ1) is 18.9. The molecule has 1 heterocycles. The van der Waals surface area contributed by atoms with E-state index in [-0.39, 0.29) is 29.1 Å². The number of halogens is 4. The van der Waals surface area contributed by atoms with Gasteiger partial charge < -0.3 is 10.6 Å². The van der Waals surface area contributed by atoms with Crippen molar-refractivity contribution < 1.29 is 22.8 Å². The predicted molar refractivity (Wildman–Crippen MR) is 85.7 cm³/mol. The van der Waals surface area contributed by atoms with E-state index in [1.54, 1.807) is 0 Å². The van der Waals surface area contributed by atoms with Gasteiger partial charge in [-0.1, -0.05) is 11.6 Å². The van der Waals surface area contributed by atoms with Crippen molar-refractivity contribution in [3.8, 4) is 0 Å². The maximum Gasteiger partial charge on any atom is 0.417 e. The third kappa shape index (κ3) is 4.80. The second-order valence-corrected chi connectivity index (χ2v) is 6.97. The number of alkyl halides is 3. The molecule has 0 saturated carbocycles. The van der Waals surface area contributed by atoms with Gasteiger partial charge in [-0.15, -0.1) is 11.8 Å². The van der Waals surface area contributed by atoms with Crippen molar-refractivity contribution in [2.75, 3.05) is 18.8 Å². The number of nitrogens with zero attached hydrogens (tertiary/aromatic N) is 1. The molecule has 1 aromatic carbocycles. The highest BCUT2D eigenvalue weighted by atomic mass is 35.5. The van der Waals surface area contributed by atoms with Crippen molar-refractivity contribution in [2.45, 2.75) is 23.9 Å². The summed E-state index contributed by atoms with van der Waals surface area (Å²) >= 11 is 6.57. The Morgan fingerprint density at radius 1 is 1.38 bits per heavy atom. The topological polar surface area (TPSA) is 63.4 Å². The molecule has 0 bridgehead atoms. The van der Waals surface area contributed by atoms with E-state index >= 15 is 0 Å². The summed E-state index contributed by atoms with van der Waals surface area (Å²) in [6, 6.07) is 3.54. The van der Waals surface area contributed by atoms with Crippen LogP contribution in [0.5, 0.6) is 0 Å². The molecule has 2 rings (SSSR count). The van der Waals surface area contributed by atoms with Crippen LogP contribution >= 0.6 is 23.4 Å². The number of piperidine rings is 1. The Hall–Kier alpha value is -1.41. The second-order valence-electron chi connectivity index (χ2n) is 5.51. The van der Waals surface area contributed by atoms with E-state index in [2.05, 4.69) is 0 Å². The molecule has 132 valence electrons. The van der Waals surface area contributed by atoms with Crippen LogP contribution in [0.15, 0.2) is 23.1 Å². The lowest BCUT2D eigenvalue weighted by molar-refractivity contribution is -0.137. The minimum Gasteiger partial charge on any atom is -0.369 e. The standard InChI is InChI=1S/C15H16ClF3N2O2S/c16-12-4-3-10(6-11(12)15(17,18)19)24-8-13(22)21-5-1-2-9(7-21)14(20)23/h3-4,6,9H,1-2,5,7-8H2,(H2,20,23)/t9-/m1/s1. The number of nitrogens with two attached hydrogens (primary N) is 1. The van der Waals surface area contributed by atoms with Gasteiger partial charge >= 0.3 is 6.18 Å². The van der Waals surface area contributed by atoms with Gasteiger partial charge in [-0.25, -0.2) is 0 Å². The monoisotopic (exact) mass is 380 g/mol. The van der Waals surface area contributed by atoms with E-state index in [1.807, 2.05) is 0 Å². The maximum atomic E-state index is 12.8. The number of hydrogen-bond donors (Lipinski definition) is 1. The number of amides is 2. The van der Waals surface area contributed by atoms with Crippen LogP contribution in [0.1, 0.15) is 18.4 Å². The summed E-state index contributed by atoms with van der Waals surface area (Å²) in [6.45, 7) is 0.792. The summed E-state index contributed by atoms with van der Waals surface area (Å²) in [5, 5.41) is -0.376. The number of thioether (sulfide) groups is 1. The average molecular weight is 381 g/mol. The van der Waals surface area contributed by atoms with E-state index in [1.165, 1.54) is 17.0 Å². The summed E-state index contributed by atoms with van der Waals surface area (Å²) in [6.07, 6.45) is -3.21. The van der Waals surface area contributed by atoms with Gasteiger partial charge in [0.15, 0.2) is 0 Å². The SMILES string of the molecule is NC(=O)[C@@H]1CCCN(C(=O)CSc2ccc(Cl)c(C(F)(F)F)c2)C1. The summed E-state index contributed by atoms with van der Waals surface area (Å²) in [5.74, 6) is -1.04. The van der Waals surface area contributed by atoms with Gasteiger partial charge in [0.25, 0.3) is 0 Å². The Kier molecular flexibility index (Phi) is 6.03.